The Balaban J connectivity index is 2.30. The van der Waals surface area contributed by atoms with Crippen LogP contribution in [0.3, 0.4) is 0 Å². The number of nitrogens with zero attached hydrogens (tertiary/aromatic N) is 2. The van der Waals surface area contributed by atoms with Gasteiger partial charge in [0.05, 0.1) is 5.69 Å². The molecule has 0 atom stereocenters. The molecule has 5 nitrogen and oxygen atoms in total. The summed E-state index contributed by atoms with van der Waals surface area (Å²) in [4.78, 5) is 29.8. The van der Waals surface area contributed by atoms with E-state index in [0.29, 0.717) is 21.9 Å². The van der Waals surface area contributed by atoms with Gasteiger partial charge in [-0.05, 0) is 24.6 Å². The van der Waals surface area contributed by atoms with Gasteiger partial charge in [0.2, 0.25) is 6.08 Å². The lowest BCUT2D eigenvalue weighted by molar-refractivity contribution is 0.102. The molecule has 1 aromatic carbocycles. The molecule has 0 bridgehead atoms. The number of amides is 1. The number of carbonyl (C=O) groups excluding carboxylic acids is 2. The lowest BCUT2D eigenvalue weighted by Crippen LogP contribution is -2.13. The fraction of sp³-hybridized carbons (Fsp3) is 0.0833. The number of anilines is 1. The largest absolute Gasteiger partial charge is 0.298 e. The summed E-state index contributed by atoms with van der Waals surface area (Å²) in [6, 6.07) is 4.99. The van der Waals surface area contributed by atoms with Gasteiger partial charge in [0.1, 0.15) is 0 Å². The first-order chi connectivity index (χ1) is 8.72. The van der Waals surface area contributed by atoms with Crippen LogP contribution in [0, 0.1) is 6.92 Å². The molecule has 0 saturated heterocycles. The van der Waals surface area contributed by atoms with E-state index in [-0.39, 0.29) is 5.91 Å². The molecule has 0 spiro atoms. The van der Waals surface area contributed by atoms with Crippen LogP contribution >= 0.6 is 11.3 Å². The van der Waals surface area contributed by atoms with Gasteiger partial charge in [0.25, 0.3) is 5.91 Å². The van der Waals surface area contributed by atoms with Crippen LogP contribution in [0.2, 0.25) is 0 Å². The topological polar surface area (TPSA) is 71.4 Å². The number of carbonyl (C=O) groups is 1. The average molecular weight is 259 g/mol. The molecular formula is C12H9N3O2S. The van der Waals surface area contributed by atoms with Crippen molar-refractivity contribution < 1.29 is 9.59 Å². The first-order valence-electron chi connectivity index (χ1n) is 5.10. The van der Waals surface area contributed by atoms with Gasteiger partial charge >= 0.3 is 0 Å². The Kier molecular flexibility index (Phi) is 3.62. The molecule has 0 aliphatic carbocycles. The van der Waals surface area contributed by atoms with Crippen molar-refractivity contribution in [3.63, 3.8) is 0 Å². The van der Waals surface area contributed by atoms with Crippen LogP contribution in [0.25, 0.3) is 0 Å². The SMILES string of the molecule is Cc1c(N=C=O)cccc1C(=O)Nc1nccs1. The van der Waals surface area contributed by atoms with Crippen molar-refractivity contribution in [1.82, 2.24) is 4.98 Å². The van der Waals surface area contributed by atoms with Crippen molar-refractivity contribution in [2.45, 2.75) is 6.92 Å². The molecule has 0 aliphatic heterocycles. The molecule has 2 rings (SSSR count). The third kappa shape index (κ3) is 2.51. The second-order valence-electron chi connectivity index (χ2n) is 3.44. The van der Waals surface area contributed by atoms with Crippen LogP contribution in [0.1, 0.15) is 15.9 Å². The Morgan fingerprint density at radius 3 is 3.00 bits per heavy atom. The van der Waals surface area contributed by atoms with E-state index >= 15 is 0 Å². The van der Waals surface area contributed by atoms with Crippen molar-refractivity contribution in [2.24, 2.45) is 4.99 Å². The highest BCUT2D eigenvalue weighted by Gasteiger charge is 2.12. The number of thiazole rings is 1. The number of benzene rings is 1. The van der Waals surface area contributed by atoms with E-state index in [2.05, 4.69) is 15.3 Å². The van der Waals surface area contributed by atoms with Gasteiger partial charge in [0.15, 0.2) is 5.13 Å². The number of isocyanates is 1. The van der Waals surface area contributed by atoms with Gasteiger partial charge in [-0.15, -0.1) is 11.3 Å². The van der Waals surface area contributed by atoms with Crippen LogP contribution in [0.15, 0.2) is 34.8 Å². The zero-order chi connectivity index (χ0) is 13.0. The molecule has 1 heterocycles. The Morgan fingerprint density at radius 1 is 1.50 bits per heavy atom. The Hall–Kier alpha value is -2.30. The smallest absolute Gasteiger partial charge is 0.257 e. The van der Waals surface area contributed by atoms with Gasteiger partial charge < -0.3 is 0 Å². The molecule has 2 aromatic rings. The maximum Gasteiger partial charge on any atom is 0.257 e. The van der Waals surface area contributed by atoms with E-state index in [1.54, 1.807) is 36.7 Å². The summed E-state index contributed by atoms with van der Waals surface area (Å²) in [5.41, 5.74) is 1.54. The molecule has 1 aromatic heterocycles. The highest BCUT2D eigenvalue weighted by Crippen LogP contribution is 2.22. The van der Waals surface area contributed by atoms with Crippen LogP contribution in [0.4, 0.5) is 10.8 Å². The summed E-state index contributed by atoms with van der Waals surface area (Å²) >= 11 is 1.34. The number of rotatable bonds is 3. The second-order valence-corrected chi connectivity index (χ2v) is 4.34. The van der Waals surface area contributed by atoms with Gasteiger partial charge in [-0.25, -0.2) is 9.78 Å². The van der Waals surface area contributed by atoms with Gasteiger partial charge in [-0.2, -0.15) is 4.99 Å². The molecule has 0 unspecified atom stereocenters. The number of aliphatic imine (C=N–C) groups is 1. The van der Waals surface area contributed by atoms with E-state index in [4.69, 9.17) is 0 Å². The first-order valence-corrected chi connectivity index (χ1v) is 5.98. The number of hydrogen-bond donors (Lipinski definition) is 1. The normalized spacial score (nSPS) is 9.61. The molecular weight excluding hydrogens is 250 g/mol. The second kappa shape index (κ2) is 5.35. The highest BCUT2D eigenvalue weighted by molar-refractivity contribution is 7.13. The molecule has 0 saturated carbocycles. The van der Waals surface area contributed by atoms with Gasteiger partial charge in [0, 0.05) is 17.1 Å². The maximum absolute atomic E-state index is 12.0. The van der Waals surface area contributed by atoms with Gasteiger partial charge in [-0.1, -0.05) is 6.07 Å². The van der Waals surface area contributed by atoms with Gasteiger partial charge in [-0.3, -0.25) is 10.1 Å². The van der Waals surface area contributed by atoms with Crippen molar-refractivity contribution in [1.29, 1.82) is 0 Å². The van der Waals surface area contributed by atoms with Crippen molar-refractivity contribution >= 4 is 34.1 Å². The van der Waals surface area contributed by atoms with E-state index in [1.807, 2.05) is 0 Å². The predicted molar refractivity (Wildman–Crippen MR) is 69.0 cm³/mol. The molecule has 1 amide bonds. The lowest BCUT2D eigenvalue weighted by atomic mass is 10.1. The van der Waals surface area contributed by atoms with Crippen molar-refractivity contribution in [2.75, 3.05) is 5.32 Å². The molecule has 0 radical (unpaired) electrons. The quantitative estimate of drug-likeness (QED) is 0.680. The van der Waals surface area contributed by atoms with E-state index in [9.17, 15) is 9.59 Å². The number of nitrogens with one attached hydrogen (secondary N) is 1. The Morgan fingerprint density at radius 2 is 2.33 bits per heavy atom. The lowest BCUT2D eigenvalue weighted by Gasteiger charge is -2.06. The summed E-state index contributed by atoms with van der Waals surface area (Å²) < 4.78 is 0. The van der Waals surface area contributed by atoms with Crippen LogP contribution in [-0.2, 0) is 4.79 Å². The van der Waals surface area contributed by atoms with E-state index in [1.165, 1.54) is 17.4 Å². The molecule has 90 valence electrons. The fourth-order valence-corrected chi connectivity index (χ4v) is 2.01. The third-order valence-corrected chi connectivity index (χ3v) is 3.06. The monoisotopic (exact) mass is 259 g/mol. The summed E-state index contributed by atoms with van der Waals surface area (Å²) in [7, 11) is 0. The summed E-state index contributed by atoms with van der Waals surface area (Å²) in [6.45, 7) is 1.73. The summed E-state index contributed by atoms with van der Waals surface area (Å²) in [5.74, 6) is -0.273. The average Bonchev–Trinajstić information content (AvgIpc) is 2.85. The molecule has 0 fully saturated rings. The zero-order valence-electron chi connectivity index (χ0n) is 9.51. The Labute approximate surface area is 107 Å². The summed E-state index contributed by atoms with van der Waals surface area (Å²) in [6.07, 6.45) is 3.08. The number of aromatic nitrogens is 1. The first kappa shape index (κ1) is 12.2. The van der Waals surface area contributed by atoms with Crippen LogP contribution in [0.5, 0.6) is 0 Å². The molecule has 1 N–H and O–H groups in total. The third-order valence-electron chi connectivity index (χ3n) is 2.37. The van der Waals surface area contributed by atoms with Crippen LogP contribution in [-0.4, -0.2) is 17.0 Å². The standard InChI is InChI=1S/C12H9N3O2S/c1-8-9(3-2-4-10(8)14-7-16)11(17)15-12-13-5-6-18-12/h2-6H,1H3,(H,13,15,17). The summed E-state index contributed by atoms with van der Waals surface area (Å²) in [5, 5.41) is 4.98. The zero-order valence-corrected chi connectivity index (χ0v) is 10.3. The predicted octanol–water partition coefficient (Wildman–Crippen LogP) is 2.67. The van der Waals surface area contributed by atoms with E-state index < -0.39 is 0 Å². The minimum atomic E-state index is -0.273. The van der Waals surface area contributed by atoms with E-state index in [0.717, 1.165) is 0 Å². The molecule has 6 heteroatoms. The fourth-order valence-electron chi connectivity index (χ4n) is 1.49. The highest BCUT2D eigenvalue weighted by atomic mass is 32.1. The maximum atomic E-state index is 12.0. The Bertz CT molecular complexity index is 616. The molecule has 18 heavy (non-hydrogen) atoms. The minimum absolute atomic E-state index is 0.273. The molecule has 0 aliphatic rings. The van der Waals surface area contributed by atoms with Crippen LogP contribution < -0.4 is 5.32 Å². The van der Waals surface area contributed by atoms with Crippen molar-refractivity contribution in [3.8, 4) is 0 Å². The van der Waals surface area contributed by atoms with Crippen molar-refractivity contribution in [3.05, 3.63) is 40.9 Å². The minimum Gasteiger partial charge on any atom is -0.298 e. The number of hydrogen-bond acceptors (Lipinski definition) is 5.